The van der Waals surface area contributed by atoms with Crippen LogP contribution in [0.2, 0.25) is 5.02 Å². The molecule has 0 aliphatic heterocycles. The minimum atomic E-state index is -0.528. The van der Waals surface area contributed by atoms with Gasteiger partial charge in [0.15, 0.2) is 5.82 Å². The lowest BCUT2D eigenvalue weighted by molar-refractivity contribution is 0.0922. The maximum atomic E-state index is 12.1. The molecule has 8 heteroatoms. The fourth-order valence-corrected chi connectivity index (χ4v) is 2.59. The molecule has 3 aromatic rings. The predicted octanol–water partition coefficient (Wildman–Crippen LogP) is 1.74. The number of aromatic amines is 1. The SMILES string of the molecule is O=C(NCCNC(=O)c1ccccc1Cl)c1nc2ccccc2c(=O)[nH]1. The zero-order chi connectivity index (χ0) is 18.5. The summed E-state index contributed by atoms with van der Waals surface area (Å²) in [7, 11) is 0. The maximum Gasteiger partial charge on any atom is 0.287 e. The molecule has 2 amide bonds. The van der Waals surface area contributed by atoms with Crippen molar-refractivity contribution in [3.63, 3.8) is 0 Å². The molecule has 0 fully saturated rings. The normalized spacial score (nSPS) is 10.5. The van der Waals surface area contributed by atoms with Crippen molar-refractivity contribution >= 4 is 34.3 Å². The number of hydrogen-bond donors (Lipinski definition) is 3. The van der Waals surface area contributed by atoms with E-state index in [0.29, 0.717) is 21.5 Å². The summed E-state index contributed by atoms with van der Waals surface area (Å²) in [5.74, 6) is -0.937. The predicted molar refractivity (Wildman–Crippen MR) is 98.5 cm³/mol. The van der Waals surface area contributed by atoms with Crippen molar-refractivity contribution in [3.8, 4) is 0 Å². The number of carbonyl (C=O) groups is 2. The van der Waals surface area contributed by atoms with Gasteiger partial charge in [-0.2, -0.15) is 0 Å². The quantitative estimate of drug-likeness (QED) is 0.595. The second-order valence-corrected chi connectivity index (χ2v) is 5.83. The van der Waals surface area contributed by atoms with Crippen LogP contribution in [0, 0.1) is 0 Å². The number of carbonyl (C=O) groups excluding carboxylic acids is 2. The average Bonchev–Trinajstić information content (AvgIpc) is 2.65. The molecule has 0 aliphatic carbocycles. The summed E-state index contributed by atoms with van der Waals surface area (Å²) in [5.41, 5.74) is 0.419. The van der Waals surface area contributed by atoms with Crippen LogP contribution in [0.4, 0.5) is 0 Å². The van der Waals surface area contributed by atoms with Crippen molar-refractivity contribution in [2.24, 2.45) is 0 Å². The van der Waals surface area contributed by atoms with Crippen molar-refractivity contribution in [1.29, 1.82) is 0 Å². The number of para-hydroxylation sites is 1. The zero-order valence-electron chi connectivity index (χ0n) is 13.6. The van der Waals surface area contributed by atoms with E-state index in [-0.39, 0.29) is 30.4 Å². The molecule has 132 valence electrons. The second-order valence-electron chi connectivity index (χ2n) is 5.42. The fraction of sp³-hybridized carbons (Fsp3) is 0.111. The number of fused-ring (bicyclic) bond motifs is 1. The smallest absolute Gasteiger partial charge is 0.287 e. The van der Waals surface area contributed by atoms with E-state index >= 15 is 0 Å². The lowest BCUT2D eigenvalue weighted by atomic mass is 10.2. The lowest BCUT2D eigenvalue weighted by Gasteiger charge is -2.08. The van der Waals surface area contributed by atoms with Crippen molar-refractivity contribution < 1.29 is 9.59 Å². The van der Waals surface area contributed by atoms with Crippen LogP contribution in [0.25, 0.3) is 10.9 Å². The largest absolute Gasteiger partial charge is 0.350 e. The van der Waals surface area contributed by atoms with Gasteiger partial charge in [-0.25, -0.2) is 4.98 Å². The minimum Gasteiger partial charge on any atom is -0.350 e. The van der Waals surface area contributed by atoms with Crippen LogP contribution in [-0.4, -0.2) is 34.9 Å². The first kappa shape index (κ1) is 17.6. The Morgan fingerprint density at radius 1 is 0.962 bits per heavy atom. The molecule has 3 rings (SSSR count). The third kappa shape index (κ3) is 3.89. The van der Waals surface area contributed by atoms with Gasteiger partial charge in [0.05, 0.1) is 21.5 Å². The average molecular weight is 371 g/mol. The first-order chi connectivity index (χ1) is 12.6. The van der Waals surface area contributed by atoms with E-state index in [9.17, 15) is 14.4 Å². The molecule has 0 saturated carbocycles. The molecule has 0 atom stereocenters. The van der Waals surface area contributed by atoms with Crippen molar-refractivity contribution in [2.45, 2.75) is 0 Å². The van der Waals surface area contributed by atoms with Crippen LogP contribution in [0.3, 0.4) is 0 Å². The third-order valence-electron chi connectivity index (χ3n) is 3.64. The summed E-state index contributed by atoms with van der Waals surface area (Å²) in [6.07, 6.45) is 0. The summed E-state index contributed by atoms with van der Waals surface area (Å²) in [6.45, 7) is 0.374. The monoisotopic (exact) mass is 370 g/mol. The highest BCUT2D eigenvalue weighted by Crippen LogP contribution is 2.14. The molecule has 1 aromatic heterocycles. The van der Waals surface area contributed by atoms with Gasteiger partial charge >= 0.3 is 0 Å². The van der Waals surface area contributed by atoms with Gasteiger partial charge in [0, 0.05) is 13.1 Å². The zero-order valence-corrected chi connectivity index (χ0v) is 14.3. The first-order valence-electron chi connectivity index (χ1n) is 7.86. The van der Waals surface area contributed by atoms with Gasteiger partial charge in [-0.3, -0.25) is 14.4 Å². The molecule has 0 bridgehead atoms. The molecule has 3 N–H and O–H groups in total. The van der Waals surface area contributed by atoms with E-state index < -0.39 is 5.91 Å². The molecular formula is C18H15ClN4O3. The fourth-order valence-electron chi connectivity index (χ4n) is 2.37. The topological polar surface area (TPSA) is 104 Å². The van der Waals surface area contributed by atoms with Crippen LogP contribution in [0.15, 0.2) is 53.3 Å². The van der Waals surface area contributed by atoms with Gasteiger partial charge < -0.3 is 15.6 Å². The second kappa shape index (κ2) is 7.79. The highest BCUT2D eigenvalue weighted by molar-refractivity contribution is 6.33. The van der Waals surface area contributed by atoms with Crippen molar-refractivity contribution in [1.82, 2.24) is 20.6 Å². The number of rotatable bonds is 5. The summed E-state index contributed by atoms with van der Waals surface area (Å²) < 4.78 is 0. The van der Waals surface area contributed by atoms with Crippen LogP contribution >= 0.6 is 11.6 Å². The Kier molecular flexibility index (Phi) is 5.28. The number of hydrogen-bond acceptors (Lipinski definition) is 4. The third-order valence-corrected chi connectivity index (χ3v) is 3.97. The molecule has 2 aromatic carbocycles. The van der Waals surface area contributed by atoms with Crippen LogP contribution in [0.5, 0.6) is 0 Å². The molecule has 0 unspecified atom stereocenters. The maximum absolute atomic E-state index is 12.1. The number of nitrogens with one attached hydrogen (secondary N) is 3. The van der Waals surface area contributed by atoms with Crippen LogP contribution < -0.4 is 16.2 Å². The Hall–Kier alpha value is -3.19. The Labute approximate surface area is 153 Å². The number of aromatic nitrogens is 2. The Morgan fingerprint density at radius 2 is 1.62 bits per heavy atom. The molecule has 1 heterocycles. The molecule has 0 saturated heterocycles. The Bertz CT molecular complexity index is 1030. The van der Waals surface area contributed by atoms with E-state index in [4.69, 9.17) is 11.6 Å². The number of halogens is 1. The summed E-state index contributed by atoms with van der Waals surface area (Å²) in [5, 5.41) is 6.02. The van der Waals surface area contributed by atoms with Gasteiger partial charge in [0.25, 0.3) is 17.4 Å². The highest BCUT2D eigenvalue weighted by atomic mass is 35.5. The van der Waals surface area contributed by atoms with E-state index in [0.717, 1.165) is 0 Å². The van der Waals surface area contributed by atoms with Crippen LogP contribution in [0.1, 0.15) is 21.0 Å². The van der Waals surface area contributed by atoms with E-state index in [2.05, 4.69) is 20.6 Å². The number of amides is 2. The van der Waals surface area contributed by atoms with Gasteiger partial charge in [0.1, 0.15) is 0 Å². The summed E-state index contributed by atoms with van der Waals surface area (Å²) in [6, 6.07) is 13.4. The molecule has 7 nitrogen and oxygen atoms in total. The standard InChI is InChI=1S/C18H15ClN4O3/c19-13-7-3-1-5-11(13)16(24)20-9-10-21-18(26)15-22-14-8-4-2-6-12(14)17(25)23-15/h1-8H,9-10H2,(H,20,24)(H,21,26)(H,22,23,25). The number of nitrogens with zero attached hydrogens (tertiary/aromatic N) is 1. The van der Waals surface area contributed by atoms with Crippen molar-refractivity contribution in [2.75, 3.05) is 13.1 Å². The Morgan fingerprint density at radius 3 is 2.38 bits per heavy atom. The summed E-state index contributed by atoms with van der Waals surface area (Å²) >= 11 is 5.95. The van der Waals surface area contributed by atoms with Crippen LogP contribution in [-0.2, 0) is 0 Å². The number of H-pyrrole nitrogens is 1. The molecular weight excluding hydrogens is 356 g/mol. The van der Waals surface area contributed by atoms with E-state index in [1.807, 2.05) is 0 Å². The first-order valence-corrected chi connectivity index (χ1v) is 8.24. The van der Waals surface area contributed by atoms with Gasteiger partial charge in [-0.05, 0) is 24.3 Å². The molecule has 0 aliphatic rings. The van der Waals surface area contributed by atoms with E-state index in [1.54, 1.807) is 48.5 Å². The Balaban J connectivity index is 1.57. The highest BCUT2D eigenvalue weighted by Gasteiger charge is 2.12. The minimum absolute atomic E-state index is 0.0777. The van der Waals surface area contributed by atoms with Crippen molar-refractivity contribution in [3.05, 3.63) is 75.3 Å². The van der Waals surface area contributed by atoms with E-state index in [1.165, 1.54) is 0 Å². The molecule has 0 radical (unpaired) electrons. The molecule has 0 spiro atoms. The summed E-state index contributed by atoms with van der Waals surface area (Å²) in [4.78, 5) is 42.7. The number of benzene rings is 2. The van der Waals surface area contributed by atoms with Gasteiger partial charge in [-0.1, -0.05) is 35.9 Å². The van der Waals surface area contributed by atoms with Gasteiger partial charge in [-0.15, -0.1) is 0 Å². The lowest BCUT2D eigenvalue weighted by Crippen LogP contribution is -2.36. The van der Waals surface area contributed by atoms with Gasteiger partial charge in [0.2, 0.25) is 0 Å². The molecule has 26 heavy (non-hydrogen) atoms.